The number of nitrogens with zero attached hydrogens (tertiary/aromatic N) is 4. The van der Waals surface area contributed by atoms with Gasteiger partial charge in [-0.15, -0.1) is 0 Å². The van der Waals surface area contributed by atoms with E-state index in [9.17, 15) is 0 Å². The fourth-order valence-corrected chi connectivity index (χ4v) is 1.44. The average molecular weight is 208 g/mol. The smallest absolute Gasteiger partial charge is 0.0463 e. The molecule has 16 heavy (non-hydrogen) atoms. The lowest BCUT2D eigenvalue weighted by Crippen LogP contribution is -1.75. The van der Waals surface area contributed by atoms with E-state index in [0.29, 0.717) is 11.4 Å². The van der Waals surface area contributed by atoms with Crippen LogP contribution in [0.4, 0.5) is 11.4 Å². The van der Waals surface area contributed by atoms with Gasteiger partial charge in [0.2, 0.25) is 10.8 Å². The third-order valence-electron chi connectivity index (χ3n) is 2.30. The molecule has 0 heterocycles. The fraction of sp³-hybridized carbons (Fsp3) is 0. The molecule has 0 aliphatic carbocycles. The van der Waals surface area contributed by atoms with Crippen LogP contribution in [0.1, 0.15) is 0 Å². The Morgan fingerprint density at radius 2 is 0.875 bits per heavy atom. The van der Waals surface area contributed by atoms with Gasteiger partial charge in [-0.1, -0.05) is 0 Å². The van der Waals surface area contributed by atoms with Gasteiger partial charge in [0.1, 0.15) is 0 Å². The molecule has 0 fully saturated rings. The van der Waals surface area contributed by atoms with E-state index in [1.54, 1.807) is 24.3 Å². The quantitative estimate of drug-likeness (QED) is 0.655. The first-order chi connectivity index (χ1) is 7.83. The van der Waals surface area contributed by atoms with Crippen LogP contribution < -0.4 is 0 Å². The first kappa shape index (κ1) is 9.82. The Balaban J connectivity index is 2.36. The molecule has 2 aromatic rings. The van der Waals surface area contributed by atoms with Gasteiger partial charge in [-0.25, -0.2) is 0 Å². The van der Waals surface area contributed by atoms with Gasteiger partial charge in [0, 0.05) is 24.3 Å². The molecular weight excluding hydrogens is 200 g/mol. The molecule has 0 unspecified atom stereocenters. The predicted octanol–water partition coefficient (Wildman–Crippen LogP) is 4.32. The molecule has 0 amide bonds. The van der Waals surface area contributed by atoms with Gasteiger partial charge in [-0.3, -0.25) is 0 Å². The van der Waals surface area contributed by atoms with E-state index in [4.69, 9.17) is 10.8 Å². The molecule has 0 radical (unpaired) electrons. The van der Waals surface area contributed by atoms with Crippen LogP contribution in [0.3, 0.4) is 0 Å². The van der Waals surface area contributed by atoms with Crippen molar-refractivity contribution in [2.75, 3.05) is 0 Å². The Morgan fingerprint density at radius 3 is 1.12 bits per heavy atom. The molecule has 0 aliphatic rings. The maximum atomic E-state index is 8.55. The molecule has 0 saturated heterocycles. The van der Waals surface area contributed by atoms with Crippen molar-refractivity contribution in [2.24, 2.45) is 0 Å². The van der Waals surface area contributed by atoms with Gasteiger partial charge in [-0.05, 0) is 35.4 Å². The second-order valence-corrected chi connectivity index (χ2v) is 3.29. The minimum absolute atomic E-state index is 0.519. The Bertz CT molecular complexity index is 515. The lowest BCUT2D eigenvalue weighted by molar-refractivity contribution is 1.46. The van der Waals surface area contributed by atoms with E-state index < -0.39 is 0 Å². The van der Waals surface area contributed by atoms with Crippen molar-refractivity contribution in [1.82, 2.24) is 0 Å². The third-order valence-corrected chi connectivity index (χ3v) is 2.30. The zero-order valence-corrected chi connectivity index (χ0v) is 8.41. The van der Waals surface area contributed by atoms with Crippen molar-refractivity contribution >= 4 is 11.4 Å². The molecule has 0 bridgehead atoms. The van der Waals surface area contributed by atoms with Crippen LogP contribution in [0.25, 0.3) is 21.1 Å². The molecule has 0 aromatic heterocycles. The molecule has 0 N–H and O–H groups in total. The lowest BCUT2D eigenvalue weighted by atomic mass is 10.1. The summed E-state index contributed by atoms with van der Waals surface area (Å²) in [6.45, 7) is 0. The monoisotopic (exact) mass is 208 g/mol. The van der Waals surface area contributed by atoms with Crippen LogP contribution in [0.5, 0.6) is 0 Å². The van der Waals surface area contributed by atoms with Crippen LogP contribution in [-0.2, 0) is 0 Å². The molecule has 0 spiro atoms. The van der Waals surface area contributed by atoms with Gasteiger partial charge in [0.15, 0.2) is 9.95 Å². The second-order valence-electron chi connectivity index (χ2n) is 3.29. The molecule has 0 atom stereocenters. The van der Waals surface area contributed by atoms with Gasteiger partial charge < -0.3 is 0 Å². The van der Waals surface area contributed by atoms with Crippen molar-refractivity contribution in [3.8, 4) is 11.1 Å². The van der Waals surface area contributed by atoms with E-state index in [2.05, 4.69) is 9.95 Å². The standard InChI is InChI=1S/C12H8N4/c13-15-11-5-1-9(2-6-11)10-3-7-12(16-14)8-4-10/h1-8H/q+2. The molecular formula is C12H8N4+2. The van der Waals surface area contributed by atoms with Gasteiger partial charge in [0.25, 0.3) is 0 Å². The van der Waals surface area contributed by atoms with E-state index in [-0.39, 0.29) is 0 Å². The summed E-state index contributed by atoms with van der Waals surface area (Å²) in [6.07, 6.45) is 0. The van der Waals surface area contributed by atoms with Crippen LogP contribution in [0, 0.1) is 10.8 Å². The number of rotatable bonds is 1. The SMILES string of the molecule is N#[N+]c1ccc(-c2ccc([N+]#N)cc2)cc1. The summed E-state index contributed by atoms with van der Waals surface area (Å²) in [5.41, 5.74) is 3.06. The highest BCUT2D eigenvalue weighted by molar-refractivity contribution is 5.68. The van der Waals surface area contributed by atoms with Gasteiger partial charge >= 0.3 is 11.4 Å². The summed E-state index contributed by atoms with van der Waals surface area (Å²) in [4.78, 5) is 6.17. The highest BCUT2D eigenvalue weighted by atomic mass is 14.8. The van der Waals surface area contributed by atoms with E-state index in [1.165, 1.54) is 0 Å². The summed E-state index contributed by atoms with van der Waals surface area (Å²) in [5, 5.41) is 17.1. The highest BCUT2D eigenvalue weighted by Crippen LogP contribution is 2.24. The minimum Gasteiger partial charge on any atom is -0.0463 e. The molecule has 2 aromatic carbocycles. The van der Waals surface area contributed by atoms with Crippen molar-refractivity contribution in [3.05, 3.63) is 58.5 Å². The van der Waals surface area contributed by atoms with Crippen LogP contribution in [0.15, 0.2) is 48.5 Å². The summed E-state index contributed by atoms with van der Waals surface area (Å²) < 4.78 is 0. The van der Waals surface area contributed by atoms with E-state index in [0.717, 1.165) is 11.1 Å². The minimum atomic E-state index is 0.519. The largest absolute Gasteiger partial charge is 0.385 e. The first-order valence-electron chi connectivity index (χ1n) is 4.74. The maximum Gasteiger partial charge on any atom is 0.385 e. The molecule has 4 heteroatoms. The van der Waals surface area contributed by atoms with Crippen molar-refractivity contribution in [2.45, 2.75) is 0 Å². The van der Waals surface area contributed by atoms with Crippen LogP contribution in [-0.4, -0.2) is 0 Å². The summed E-state index contributed by atoms with van der Waals surface area (Å²) in [7, 11) is 0. The van der Waals surface area contributed by atoms with Crippen molar-refractivity contribution in [1.29, 1.82) is 10.8 Å². The maximum absolute atomic E-state index is 8.55. The number of diazo groups is 2. The Morgan fingerprint density at radius 1 is 0.562 bits per heavy atom. The van der Waals surface area contributed by atoms with Crippen LogP contribution >= 0.6 is 0 Å². The highest BCUT2D eigenvalue weighted by Gasteiger charge is 2.06. The zero-order chi connectivity index (χ0) is 11.4. The van der Waals surface area contributed by atoms with Gasteiger partial charge in [-0.2, -0.15) is 0 Å². The first-order valence-corrected chi connectivity index (χ1v) is 4.74. The lowest BCUT2D eigenvalue weighted by Gasteiger charge is -1.97. The molecule has 0 saturated carbocycles. The normalized spacial score (nSPS) is 9.12. The number of benzene rings is 2. The molecule has 4 nitrogen and oxygen atoms in total. The molecule has 74 valence electrons. The Labute approximate surface area is 92.4 Å². The Kier molecular flexibility index (Phi) is 2.58. The number of hydrogen-bond donors (Lipinski definition) is 0. The van der Waals surface area contributed by atoms with Gasteiger partial charge in [0.05, 0.1) is 0 Å². The van der Waals surface area contributed by atoms with Crippen LogP contribution in [0.2, 0.25) is 0 Å². The topological polar surface area (TPSA) is 56.3 Å². The van der Waals surface area contributed by atoms with Crippen molar-refractivity contribution in [3.63, 3.8) is 0 Å². The third kappa shape index (κ3) is 1.87. The fourth-order valence-electron chi connectivity index (χ4n) is 1.44. The second kappa shape index (κ2) is 4.20. The summed E-state index contributed by atoms with van der Waals surface area (Å²) >= 11 is 0. The predicted molar refractivity (Wildman–Crippen MR) is 61.4 cm³/mol. The summed E-state index contributed by atoms with van der Waals surface area (Å²) in [6, 6.07) is 14.3. The van der Waals surface area contributed by atoms with E-state index in [1.807, 2.05) is 24.3 Å². The molecule has 0 aliphatic heterocycles. The number of hydrogen-bond acceptors (Lipinski definition) is 2. The Hall–Kier alpha value is -2.72. The molecule has 2 rings (SSSR count). The average Bonchev–Trinajstić information content (AvgIpc) is 2.39. The zero-order valence-electron chi connectivity index (χ0n) is 8.41. The summed E-state index contributed by atoms with van der Waals surface area (Å²) in [5.74, 6) is 0. The van der Waals surface area contributed by atoms with Crippen molar-refractivity contribution < 1.29 is 0 Å². The van der Waals surface area contributed by atoms with E-state index >= 15 is 0 Å².